The molecule has 0 aliphatic carbocycles. The smallest absolute Gasteiger partial charge is 0.164 e. The van der Waals surface area contributed by atoms with Gasteiger partial charge in [0, 0.05) is 23.0 Å². The number of hydrogen-bond donors (Lipinski definition) is 0. The Kier molecular flexibility index (Phi) is 4.29. The third-order valence-electron chi connectivity index (χ3n) is 1.95. The van der Waals surface area contributed by atoms with Crippen LogP contribution in [0.15, 0.2) is 28.7 Å². The molecule has 0 saturated carbocycles. The van der Waals surface area contributed by atoms with Crippen LogP contribution in [0, 0.1) is 0 Å². The van der Waals surface area contributed by atoms with Crippen LogP contribution in [-0.4, -0.2) is 31.3 Å². The van der Waals surface area contributed by atoms with Gasteiger partial charge in [0.2, 0.25) is 0 Å². The molecule has 14 heavy (non-hydrogen) atoms. The lowest BCUT2D eigenvalue weighted by Gasteiger charge is -2.08. The predicted molar refractivity (Wildman–Crippen MR) is 61.6 cm³/mol. The van der Waals surface area contributed by atoms with Crippen LogP contribution in [0.3, 0.4) is 0 Å². The normalized spacial score (nSPS) is 10.6. The van der Waals surface area contributed by atoms with Crippen molar-refractivity contribution < 1.29 is 4.79 Å². The summed E-state index contributed by atoms with van der Waals surface area (Å²) in [4.78, 5) is 13.6. The van der Waals surface area contributed by atoms with Gasteiger partial charge in [-0.05, 0) is 26.2 Å². The third-order valence-corrected chi connectivity index (χ3v) is 2.48. The Morgan fingerprint density at radius 2 is 1.86 bits per heavy atom. The lowest BCUT2D eigenvalue weighted by Crippen LogP contribution is -2.16. The Morgan fingerprint density at radius 1 is 1.29 bits per heavy atom. The first-order valence-electron chi connectivity index (χ1n) is 4.53. The molecule has 0 aliphatic rings. The minimum absolute atomic E-state index is 0.200. The van der Waals surface area contributed by atoms with E-state index in [2.05, 4.69) is 15.9 Å². The highest BCUT2D eigenvalue weighted by molar-refractivity contribution is 9.10. The molecule has 0 radical (unpaired) electrons. The van der Waals surface area contributed by atoms with Crippen LogP contribution in [0.2, 0.25) is 0 Å². The van der Waals surface area contributed by atoms with Crippen molar-refractivity contribution in [2.45, 2.75) is 6.42 Å². The summed E-state index contributed by atoms with van der Waals surface area (Å²) < 4.78 is 1.00. The van der Waals surface area contributed by atoms with Crippen molar-refractivity contribution in [1.29, 1.82) is 0 Å². The monoisotopic (exact) mass is 255 g/mol. The van der Waals surface area contributed by atoms with Crippen molar-refractivity contribution in [1.82, 2.24) is 4.90 Å². The highest BCUT2D eigenvalue weighted by Gasteiger charge is 2.05. The minimum atomic E-state index is 0.200. The molecule has 0 fully saturated rings. The molecule has 2 nitrogen and oxygen atoms in total. The van der Waals surface area contributed by atoms with E-state index in [0.717, 1.165) is 16.6 Å². The van der Waals surface area contributed by atoms with E-state index < -0.39 is 0 Å². The van der Waals surface area contributed by atoms with Gasteiger partial charge in [0.15, 0.2) is 5.78 Å². The molecule has 0 bridgehead atoms. The lowest BCUT2D eigenvalue weighted by molar-refractivity contribution is 0.0972. The molecule has 1 aromatic carbocycles. The second-order valence-electron chi connectivity index (χ2n) is 3.48. The number of carbonyl (C=O) groups is 1. The molecule has 0 aromatic heterocycles. The van der Waals surface area contributed by atoms with Crippen molar-refractivity contribution in [3.63, 3.8) is 0 Å². The van der Waals surface area contributed by atoms with Gasteiger partial charge >= 0.3 is 0 Å². The fraction of sp³-hybridized carbons (Fsp3) is 0.364. The maximum absolute atomic E-state index is 11.6. The summed E-state index contributed by atoms with van der Waals surface area (Å²) in [6.45, 7) is 0.800. The zero-order chi connectivity index (χ0) is 10.6. The number of hydrogen-bond acceptors (Lipinski definition) is 2. The van der Waals surface area contributed by atoms with Crippen molar-refractivity contribution in [3.05, 3.63) is 34.3 Å². The number of benzene rings is 1. The van der Waals surface area contributed by atoms with E-state index in [4.69, 9.17) is 0 Å². The minimum Gasteiger partial charge on any atom is -0.309 e. The molecule has 0 amide bonds. The Hall–Kier alpha value is -0.670. The highest BCUT2D eigenvalue weighted by atomic mass is 79.9. The second-order valence-corrected chi connectivity index (χ2v) is 4.40. The molecule has 0 spiro atoms. The van der Waals surface area contributed by atoms with Gasteiger partial charge in [0.25, 0.3) is 0 Å². The molecule has 0 unspecified atom stereocenters. The van der Waals surface area contributed by atoms with Crippen LogP contribution in [0.1, 0.15) is 16.8 Å². The molecule has 76 valence electrons. The van der Waals surface area contributed by atoms with Crippen LogP contribution in [0.5, 0.6) is 0 Å². The van der Waals surface area contributed by atoms with E-state index in [1.807, 2.05) is 43.3 Å². The summed E-state index contributed by atoms with van der Waals surface area (Å²) in [5, 5.41) is 0. The fourth-order valence-electron chi connectivity index (χ4n) is 1.11. The zero-order valence-corrected chi connectivity index (χ0v) is 10.0. The molecule has 1 aromatic rings. The van der Waals surface area contributed by atoms with E-state index in [0.29, 0.717) is 6.42 Å². The molecule has 1 rings (SSSR count). The number of halogens is 1. The Bertz CT molecular complexity index is 306. The summed E-state index contributed by atoms with van der Waals surface area (Å²) in [6, 6.07) is 7.48. The van der Waals surface area contributed by atoms with E-state index >= 15 is 0 Å². The van der Waals surface area contributed by atoms with Gasteiger partial charge in [-0.15, -0.1) is 0 Å². The molecule has 0 saturated heterocycles. The van der Waals surface area contributed by atoms with Gasteiger partial charge in [-0.25, -0.2) is 0 Å². The van der Waals surface area contributed by atoms with Gasteiger partial charge in [0.1, 0.15) is 0 Å². The summed E-state index contributed by atoms with van der Waals surface area (Å²) in [5.41, 5.74) is 0.787. The van der Waals surface area contributed by atoms with Gasteiger partial charge < -0.3 is 4.90 Å². The number of ketones is 1. The van der Waals surface area contributed by atoms with Crippen LogP contribution >= 0.6 is 15.9 Å². The van der Waals surface area contributed by atoms with Gasteiger partial charge in [-0.3, -0.25) is 4.79 Å². The zero-order valence-electron chi connectivity index (χ0n) is 8.46. The maximum atomic E-state index is 11.6. The van der Waals surface area contributed by atoms with Crippen molar-refractivity contribution >= 4 is 21.7 Å². The largest absolute Gasteiger partial charge is 0.309 e. The first-order chi connectivity index (χ1) is 6.59. The molecule has 0 aliphatic heterocycles. The van der Waals surface area contributed by atoms with Gasteiger partial charge in [-0.1, -0.05) is 28.1 Å². The number of Topliss-reactive ketones (excluding diaryl/α,β-unsaturated/α-hetero) is 1. The van der Waals surface area contributed by atoms with E-state index in [9.17, 15) is 4.79 Å². The standard InChI is InChI=1S/C11H14BrNO/c1-13(2)8-7-11(14)9-3-5-10(12)6-4-9/h3-6H,7-8H2,1-2H3. The SMILES string of the molecule is CN(C)CCC(=O)c1ccc(Br)cc1. The molecule has 0 heterocycles. The predicted octanol–water partition coefficient (Wildman–Crippen LogP) is 2.58. The summed E-state index contributed by atoms with van der Waals surface area (Å²) in [7, 11) is 3.93. The van der Waals surface area contributed by atoms with Crippen LogP contribution in [0.4, 0.5) is 0 Å². The topological polar surface area (TPSA) is 20.3 Å². The Morgan fingerprint density at radius 3 is 2.36 bits per heavy atom. The maximum Gasteiger partial charge on any atom is 0.164 e. The van der Waals surface area contributed by atoms with Crippen LogP contribution < -0.4 is 0 Å². The lowest BCUT2D eigenvalue weighted by atomic mass is 10.1. The molecular weight excluding hydrogens is 242 g/mol. The number of nitrogens with zero attached hydrogens (tertiary/aromatic N) is 1. The molecule has 3 heteroatoms. The molecule has 0 N–H and O–H groups in total. The average Bonchev–Trinajstić information content (AvgIpc) is 2.15. The fourth-order valence-corrected chi connectivity index (χ4v) is 1.37. The van der Waals surface area contributed by atoms with E-state index in [1.165, 1.54) is 0 Å². The molecule has 0 atom stereocenters. The summed E-state index contributed by atoms with van der Waals surface area (Å²) in [6.07, 6.45) is 0.578. The quantitative estimate of drug-likeness (QED) is 0.772. The first-order valence-corrected chi connectivity index (χ1v) is 5.32. The summed E-state index contributed by atoms with van der Waals surface area (Å²) in [5.74, 6) is 0.200. The summed E-state index contributed by atoms with van der Waals surface area (Å²) >= 11 is 3.34. The second kappa shape index (κ2) is 5.27. The van der Waals surface area contributed by atoms with Crippen LogP contribution in [-0.2, 0) is 0 Å². The van der Waals surface area contributed by atoms with Crippen LogP contribution in [0.25, 0.3) is 0 Å². The molecular formula is C11H14BrNO. The van der Waals surface area contributed by atoms with Crippen molar-refractivity contribution in [2.24, 2.45) is 0 Å². The Labute approximate surface area is 93.0 Å². The first kappa shape index (κ1) is 11.4. The van der Waals surface area contributed by atoms with Gasteiger partial charge in [-0.2, -0.15) is 0 Å². The highest BCUT2D eigenvalue weighted by Crippen LogP contribution is 2.11. The Balaban J connectivity index is 2.57. The third kappa shape index (κ3) is 3.60. The van der Waals surface area contributed by atoms with E-state index in [-0.39, 0.29) is 5.78 Å². The van der Waals surface area contributed by atoms with E-state index in [1.54, 1.807) is 0 Å². The number of rotatable bonds is 4. The van der Waals surface area contributed by atoms with Crippen molar-refractivity contribution in [2.75, 3.05) is 20.6 Å². The van der Waals surface area contributed by atoms with Gasteiger partial charge in [0.05, 0.1) is 0 Å². The number of carbonyl (C=O) groups excluding carboxylic acids is 1. The van der Waals surface area contributed by atoms with Crippen molar-refractivity contribution in [3.8, 4) is 0 Å². The average molecular weight is 256 g/mol.